The summed E-state index contributed by atoms with van der Waals surface area (Å²) in [6, 6.07) is 19.3. The number of carbonyl (C=O) groups is 2. The highest BCUT2D eigenvalue weighted by molar-refractivity contribution is 6.03. The Hall–Kier alpha value is -4.13. The van der Waals surface area contributed by atoms with Crippen molar-refractivity contribution in [2.24, 2.45) is 11.1 Å². The molecule has 0 radical (unpaired) electrons. The van der Waals surface area contributed by atoms with Gasteiger partial charge in [-0.2, -0.15) is 0 Å². The first-order valence-electron chi connectivity index (χ1n) is 14.1. The maximum absolute atomic E-state index is 12.7. The highest BCUT2D eigenvalue weighted by atomic mass is 16.7. The molecule has 0 N–H and O–H groups in total. The van der Waals surface area contributed by atoms with E-state index in [-0.39, 0.29) is 5.92 Å². The summed E-state index contributed by atoms with van der Waals surface area (Å²) in [7, 11) is 0. The smallest absolute Gasteiger partial charge is 0.365 e. The van der Waals surface area contributed by atoms with E-state index in [0.717, 1.165) is 54.7 Å². The first-order chi connectivity index (χ1) is 19.5. The SMILES string of the molecule is CCCCOc1ccc(C(=O)O/N=C2\CC(C)Cc3cc(OC(=O)c4ccc(OCCCC)cc4)ccc32)cc1. The van der Waals surface area contributed by atoms with Gasteiger partial charge in [-0.1, -0.05) is 38.8 Å². The molecule has 1 aliphatic rings. The minimum Gasteiger partial charge on any atom is -0.494 e. The molecular formula is C33H37NO6. The number of carbonyl (C=O) groups excluding carboxylic acids is 2. The van der Waals surface area contributed by atoms with Crippen LogP contribution in [0.4, 0.5) is 0 Å². The molecule has 0 heterocycles. The van der Waals surface area contributed by atoms with E-state index < -0.39 is 11.9 Å². The van der Waals surface area contributed by atoms with E-state index >= 15 is 0 Å². The highest BCUT2D eigenvalue weighted by Gasteiger charge is 2.23. The lowest BCUT2D eigenvalue weighted by atomic mass is 9.83. The summed E-state index contributed by atoms with van der Waals surface area (Å²) in [6.07, 6.45) is 5.56. The Labute approximate surface area is 236 Å². The quantitative estimate of drug-likeness (QED) is 0.0778. The number of rotatable bonds is 12. The fraction of sp³-hybridized carbons (Fsp3) is 0.364. The Morgan fingerprint density at radius 3 is 1.88 bits per heavy atom. The van der Waals surface area contributed by atoms with Gasteiger partial charge in [0.2, 0.25) is 0 Å². The average Bonchev–Trinajstić information content (AvgIpc) is 2.96. The van der Waals surface area contributed by atoms with Gasteiger partial charge in [0.15, 0.2) is 0 Å². The number of hydrogen-bond donors (Lipinski definition) is 0. The van der Waals surface area contributed by atoms with Gasteiger partial charge in [0, 0.05) is 5.56 Å². The van der Waals surface area contributed by atoms with E-state index in [1.165, 1.54) is 0 Å². The van der Waals surface area contributed by atoms with Crippen LogP contribution in [0.2, 0.25) is 0 Å². The molecule has 210 valence electrons. The molecule has 7 heteroatoms. The van der Waals surface area contributed by atoms with Gasteiger partial charge >= 0.3 is 11.9 Å². The van der Waals surface area contributed by atoms with Crippen LogP contribution < -0.4 is 14.2 Å². The Kier molecular flexibility index (Phi) is 10.3. The molecule has 0 spiro atoms. The lowest BCUT2D eigenvalue weighted by Crippen LogP contribution is -2.20. The number of oxime groups is 1. The van der Waals surface area contributed by atoms with E-state index in [9.17, 15) is 9.59 Å². The van der Waals surface area contributed by atoms with Crippen LogP contribution in [0, 0.1) is 5.92 Å². The molecule has 40 heavy (non-hydrogen) atoms. The number of benzene rings is 3. The Bertz CT molecular complexity index is 1310. The Morgan fingerprint density at radius 2 is 1.30 bits per heavy atom. The number of esters is 1. The molecule has 0 saturated heterocycles. The van der Waals surface area contributed by atoms with E-state index in [1.54, 1.807) is 54.6 Å². The summed E-state index contributed by atoms with van der Waals surface area (Å²) in [5.74, 6) is 1.23. The molecule has 0 saturated carbocycles. The number of nitrogens with zero attached hydrogens (tertiary/aromatic N) is 1. The lowest BCUT2D eigenvalue weighted by molar-refractivity contribution is 0.0514. The van der Waals surface area contributed by atoms with Gasteiger partial charge in [0.1, 0.15) is 17.2 Å². The summed E-state index contributed by atoms with van der Waals surface area (Å²) in [6.45, 7) is 7.63. The van der Waals surface area contributed by atoms with Crippen molar-refractivity contribution in [1.29, 1.82) is 0 Å². The number of hydrogen-bond acceptors (Lipinski definition) is 7. The summed E-state index contributed by atoms with van der Waals surface area (Å²) in [5.41, 5.74) is 3.42. The van der Waals surface area contributed by atoms with Crippen LogP contribution in [0.1, 0.15) is 84.7 Å². The van der Waals surface area contributed by atoms with Crippen LogP contribution in [0.15, 0.2) is 71.9 Å². The van der Waals surface area contributed by atoms with Crippen molar-refractivity contribution in [3.8, 4) is 17.2 Å². The fourth-order valence-corrected chi connectivity index (χ4v) is 4.42. The zero-order chi connectivity index (χ0) is 28.3. The second-order valence-corrected chi connectivity index (χ2v) is 10.1. The van der Waals surface area contributed by atoms with Gasteiger partial charge in [-0.15, -0.1) is 0 Å². The average molecular weight is 544 g/mol. The standard InChI is InChI=1S/C33H37NO6/c1-4-6-18-37-27-12-8-24(9-13-27)32(35)39-29-16-17-30-26(22-29)20-23(3)21-31(30)34-40-33(36)25-10-14-28(15-11-25)38-19-7-5-2/h8-17,22-23H,4-7,18-21H2,1-3H3/b34-31+. The molecule has 1 unspecified atom stereocenters. The van der Waals surface area contributed by atoms with Crippen LogP contribution >= 0.6 is 0 Å². The third-order valence-corrected chi connectivity index (χ3v) is 6.66. The monoisotopic (exact) mass is 543 g/mol. The maximum Gasteiger partial charge on any atom is 0.365 e. The molecule has 1 aliphatic carbocycles. The highest BCUT2D eigenvalue weighted by Crippen LogP contribution is 2.30. The van der Waals surface area contributed by atoms with Gasteiger partial charge in [-0.25, -0.2) is 9.59 Å². The van der Waals surface area contributed by atoms with Gasteiger partial charge in [0.05, 0.1) is 30.1 Å². The van der Waals surface area contributed by atoms with Crippen molar-refractivity contribution in [3.05, 3.63) is 89.0 Å². The second-order valence-electron chi connectivity index (χ2n) is 10.1. The molecule has 0 aromatic heterocycles. The first kappa shape index (κ1) is 28.9. The van der Waals surface area contributed by atoms with Crippen LogP contribution in [-0.2, 0) is 11.3 Å². The normalized spacial score (nSPS) is 15.3. The number of ether oxygens (including phenoxy) is 3. The molecular weight excluding hydrogens is 506 g/mol. The second kappa shape index (κ2) is 14.3. The van der Waals surface area contributed by atoms with Crippen molar-refractivity contribution < 1.29 is 28.6 Å². The van der Waals surface area contributed by atoms with E-state index in [2.05, 4.69) is 25.9 Å². The summed E-state index contributed by atoms with van der Waals surface area (Å²) in [4.78, 5) is 30.7. The van der Waals surface area contributed by atoms with Crippen LogP contribution in [0.3, 0.4) is 0 Å². The third kappa shape index (κ3) is 7.94. The number of fused-ring (bicyclic) bond motifs is 1. The molecule has 3 aromatic carbocycles. The predicted molar refractivity (Wildman–Crippen MR) is 155 cm³/mol. The van der Waals surface area contributed by atoms with Crippen molar-refractivity contribution >= 4 is 17.7 Å². The van der Waals surface area contributed by atoms with E-state index in [4.69, 9.17) is 19.0 Å². The zero-order valence-corrected chi connectivity index (χ0v) is 23.5. The summed E-state index contributed by atoms with van der Waals surface area (Å²) in [5, 5.41) is 4.22. The van der Waals surface area contributed by atoms with Gasteiger partial charge in [0.25, 0.3) is 0 Å². The van der Waals surface area contributed by atoms with Crippen LogP contribution in [0.5, 0.6) is 17.2 Å². The molecule has 1 atom stereocenters. The zero-order valence-electron chi connectivity index (χ0n) is 23.5. The molecule has 0 bridgehead atoms. The van der Waals surface area contributed by atoms with Crippen molar-refractivity contribution in [3.63, 3.8) is 0 Å². The van der Waals surface area contributed by atoms with E-state index in [1.807, 2.05) is 12.1 Å². The van der Waals surface area contributed by atoms with Gasteiger partial charge in [-0.3, -0.25) is 0 Å². The maximum atomic E-state index is 12.7. The van der Waals surface area contributed by atoms with Gasteiger partial charge in [-0.05, 0) is 104 Å². The van der Waals surface area contributed by atoms with E-state index in [0.29, 0.717) is 42.2 Å². The molecule has 7 nitrogen and oxygen atoms in total. The molecule has 3 aromatic rings. The van der Waals surface area contributed by atoms with Crippen LogP contribution in [-0.4, -0.2) is 30.9 Å². The van der Waals surface area contributed by atoms with Gasteiger partial charge < -0.3 is 19.0 Å². The minimum absolute atomic E-state index is 0.288. The lowest BCUT2D eigenvalue weighted by Gasteiger charge is -2.23. The Morgan fingerprint density at radius 1 is 0.750 bits per heavy atom. The number of unbranched alkanes of at least 4 members (excludes halogenated alkanes) is 2. The fourth-order valence-electron chi connectivity index (χ4n) is 4.42. The van der Waals surface area contributed by atoms with Crippen molar-refractivity contribution in [2.45, 2.75) is 59.3 Å². The largest absolute Gasteiger partial charge is 0.494 e. The van der Waals surface area contributed by atoms with Crippen LogP contribution in [0.25, 0.3) is 0 Å². The first-order valence-corrected chi connectivity index (χ1v) is 14.1. The molecule has 4 rings (SSSR count). The molecule has 0 fully saturated rings. The third-order valence-electron chi connectivity index (χ3n) is 6.66. The summed E-state index contributed by atoms with van der Waals surface area (Å²) >= 11 is 0. The summed E-state index contributed by atoms with van der Waals surface area (Å²) < 4.78 is 17.0. The predicted octanol–water partition coefficient (Wildman–Crippen LogP) is 7.41. The van der Waals surface area contributed by atoms with Crippen molar-refractivity contribution in [2.75, 3.05) is 13.2 Å². The Balaban J connectivity index is 1.39. The molecule has 0 aliphatic heterocycles. The molecule has 0 amide bonds. The topological polar surface area (TPSA) is 83.4 Å². The minimum atomic E-state index is -0.528. The van der Waals surface area contributed by atoms with Crippen molar-refractivity contribution in [1.82, 2.24) is 0 Å².